The fraction of sp³-hybridized carbons (Fsp3) is 0.500. The number of hydrogen-bond donors (Lipinski definition) is 3. The molecule has 2 unspecified atom stereocenters. The molecular weight excluding hydrogens is 228 g/mol. The van der Waals surface area contributed by atoms with Crippen LogP contribution in [0.15, 0.2) is 24.3 Å². The fourth-order valence-corrected chi connectivity index (χ4v) is 1.49. The second-order valence-corrected chi connectivity index (χ2v) is 4.67. The standard InChI is InChI=1S/C14H22N2O2/c1-10-4-6-13(7-5-10)16-14(18)12(3)15-9-8-11(2)17/h4-7,11-12,15,17H,8-9H2,1-3H3,(H,16,18). The topological polar surface area (TPSA) is 61.4 Å². The largest absolute Gasteiger partial charge is 0.393 e. The number of benzene rings is 1. The summed E-state index contributed by atoms with van der Waals surface area (Å²) in [6.45, 7) is 6.18. The molecule has 0 saturated heterocycles. The number of aryl methyl sites for hydroxylation is 1. The highest BCUT2D eigenvalue weighted by molar-refractivity contribution is 5.94. The van der Waals surface area contributed by atoms with E-state index in [-0.39, 0.29) is 18.1 Å². The second-order valence-electron chi connectivity index (χ2n) is 4.67. The van der Waals surface area contributed by atoms with Gasteiger partial charge >= 0.3 is 0 Å². The molecule has 3 N–H and O–H groups in total. The van der Waals surface area contributed by atoms with Crippen LogP contribution in [0.5, 0.6) is 0 Å². The summed E-state index contributed by atoms with van der Waals surface area (Å²) in [5, 5.41) is 15.0. The lowest BCUT2D eigenvalue weighted by atomic mass is 10.2. The van der Waals surface area contributed by atoms with Gasteiger partial charge in [0.1, 0.15) is 0 Å². The molecule has 0 spiro atoms. The number of nitrogens with one attached hydrogen (secondary N) is 2. The highest BCUT2D eigenvalue weighted by atomic mass is 16.3. The first-order valence-corrected chi connectivity index (χ1v) is 6.28. The zero-order valence-corrected chi connectivity index (χ0v) is 11.2. The maximum Gasteiger partial charge on any atom is 0.241 e. The van der Waals surface area contributed by atoms with Gasteiger partial charge in [-0.3, -0.25) is 4.79 Å². The summed E-state index contributed by atoms with van der Waals surface area (Å²) in [5.41, 5.74) is 1.96. The van der Waals surface area contributed by atoms with Gasteiger partial charge in [0.2, 0.25) is 5.91 Å². The lowest BCUT2D eigenvalue weighted by molar-refractivity contribution is -0.117. The molecule has 0 aliphatic heterocycles. The Morgan fingerprint density at radius 1 is 1.28 bits per heavy atom. The molecule has 1 aromatic rings. The molecule has 1 amide bonds. The van der Waals surface area contributed by atoms with Crippen LogP contribution in [0.1, 0.15) is 25.8 Å². The molecule has 4 nitrogen and oxygen atoms in total. The molecular formula is C14H22N2O2. The van der Waals surface area contributed by atoms with Crippen LogP contribution in [0.4, 0.5) is 5.69 Å². The van der Waals surface area contributed by atoms with E-state index in [1.807, 2.05) is 38.1 Å². The van der Waals surface area contributed by atoms with E-state index in [1.165, 1.54) is 0 Å². The van der Waals surface area contributed by atoms with E-state index in [0.29, 0.717) is 13.0 Å². The third-order valence-electron chi connectivity index (χ3n) is 2.73. The quantitative estimate of drug-likeness (QED) is 0.720. The van der Waals surface area contributed by atoms with Crippen molar-refractivity contribution in [3.05, 3.63) is 29.8 Å². The summed E-state index contributed by atoms with van der Waals surface area (Å²) in [7, 11) is 0. The van der Waals surface area contributed by atoms with Crippen LogP contribution in [0.25, 0.3) is 0 Å². The zero-order valence-electron chi connectivity index (χ0n) is 11.2. The van der Waals surface area contributed by atoms with Crippen molar-refractivity contribution in [1.29, 1.82) is 0 Å². The summed E-state index contributed by atoms with van der Waals surface area (Å²) >= 11 is 0. The van der Waals surface area contributed by atoms with Crippen molar-refractivity contribution >= 4 is 11.6 Å². The Hall–Kier alpha value is -1.39. The first-order valence-electron chi connectivity index (χ1n) is 6.28. The molecule has 0 heterocycles. The minimum absolute atomic E-state index is 0.0653. The van der Waals surface area contributed by atoms with Gasteiger partial charge in [0, 0.05) is 5.69 Å². The Labute approximate surface area is 108 Å². The lowest BCUT2D eigenvalue weighted by Gasteiger charge is -2.14. The monoisotopic (exact) mass is 250 g/mol. The highest BCUT2D eigenvalue weighted by Gasteiger charge is 2.12. The Balaban J connectivity index is 2.37. The summed E-state index contributed by atoms with van der Waals surface area (Å²) < 4.78 is 0. The van der Waals surface area contributed by atoms with E-state index in [1.54, 1.807) is 6.92 Å². The molecule has 0 radical (unpaired) electrons. The summed E-state index contributed by atoms with van der Waals surface area (Å²) in [4.78, 5) is 11.8. The molecule has 0 aliphatic carbocycles. The Bertz CT molecular complexity index is 374. The van der Waals surface area contributed by atoms with E-state index in [0.717, 1.165) is 11.3 Å². The number of aliphatic hydroxyl groups excluding tert-OH is 1. The number of amides is 1. The molecule has 4 heteroatoms. The smallest absolute Gasteiger partial charge is 0.241 e. The van der Waals surface area contributed by atoms with Gasteiger partial charge in [0.15, 0.2) is 0 Å². The minimum Gasteiger partial charge on any atom is -0.393 e. The molecule has 100 valence electrons. The van der Waals surface area contributed by atoms with E-state index in [2.05, 4.69) is 10.6 Å². The van der Waals surface area contributed by atoms with Crippen LogP contribution < -0.4 is 10.6 Å². The van der Waals surface area contributed by atoms with Gasteiger partial charge in [-0.2, -0.15) is 0 Å². The van der Waals surface area contributed by atoms with Crippen LogP contribution in [0.3, 0.4) is 0 Å². The Morgan fingerprint density at radius 3 is 2.44 bits per heavy atom. The number of hydrogen-bond acceptors (Lipinski definition) is 3. The second kappa shape index (κ2) is 7.13. The van der Waals surface area contributed by atoms with Gasteiger partial charge in [-0.05, 0) is 45.9 Å². The molecule has 1 aromatic carbocycles. The normalized spacial score (nSPS) is 14.0. The van der Waals surface area contributed by atoms with Crippen LogP contribution in [-0.4, -0.2) is 29.7 Å². The third-order valence-corrected chi connectivity index (χ3v) is 2.73. The number of rotatable bonds is 6. The van der Waals surface area contributed by atoms with Gasteiger partial charge < -0.3 is 15.7 Å². The van der Waals surface area contributed by atoms with E-state index < -0.39 is 0 Å². The summed E-state index contributed by atoms with van der Waals surface area (Å²) in [6.07, 6.45) is 0.298. The molecule has 0 saturated carbocycles. The Kier molecular flexibility index (Phi) is 5.82. The van der Waals surface area contributed by atoms with Gasteiger partial charge in [-0.1, -0.05) is 17.7 Å². The molecule has 0 bridgehead atoms. The predicted molar refractivity (Wildman–Crippen MR) is 73.6 cm³/mol. The molecule has 0 aliphatic rings. The van der Waals surface area contributed by atoms with Gasteiger partial charge in [0.05, 0.1) is 12.1 Å². The number of carbonyl (C=O) groups excluding carboxylic acids is 1. The lowest BCUT2D eigenvalue weighted by Crippen LogP contribution is -2.39. The van der Waals surface area contributed by atoms with Crippen molar-refractivity contribution in [2.45, 2.75) is 39.3 Å². The van der Waals surface area contributed by atoms with Gasteiger partial charge in [0.25, 0.3) is 0 Å². The maximum atomic E-state index is 11.8. The molecule has 2 atom stereocenters. The van der Waals surface area contributed by atoms with Gasteiger partial charge in [-0.15, -0.1) is 0 Å². The fourth-order valence-electron chi connectivity index (χ4n) is 1.49. The Morgan fingerprint density at radius 2 is 1.89 bits per heavy atom. The van der Waals surface area contributed by atoms with Crippen molar-refractivity contribution in [2.24, 2.45) is 0 Å². The first-order chi connectivity index (χ1) is 8.49. The van der Waals surface area contributed by atoms with Gasteiger partial charge in [-0.25, -0.2) is 0 Å². The zero-order chi connectivity index (χ0) is 13.5. The number of carbonyl (C=O) groups is 1. The average Bonchev–Trinajstić information content (AvgIpc) is 2.31. The van der Waals surface area contributed by atoms with Crippen molar-refractivity contribution < 1.29 is 9.90 Å². The maximum absolute atomic E-state index is 11.8. The van der Waals surface area contributed by atoms with Crippen molar-refractivity contribution in [1.82, 2.24) is 5.32 Å². The van der Waals surface area contributed by atoms with Crippen LogP contribution >= 0.6 is 0 Å². The van der Waals surface area contributed by atoms with Crippen molar-refractivity contribution in [3.63, 3.8) is 0 Å². The minimum atomic E-state index is -0.343. The van der Waals surface area contributed by atoms with Crippen molar-refractivity contribution in [2.75, 3.05) is 11.9 Å². The average molecular weight is 250 g/mol. The third kappa shape index (κ3) is 5.29. The summed E-state index contributed by atoms with van der Waals surface area (Å²) in [6, 6.07) is 7.42. The van der Waals surface area contributed by atoms with Crippen molar-refractivity contribution in [3.8, 4) is 0 Å². The molecule has 18 heavy (non-hydrogen) atoms. The highest BCUT2D eigenvalue weighted by Crippen LogP contribution is 2.08. The molecule has 0 fully saturated rings. The van der Waals surface area contributed by atoms with Crippen LogP contribution in [0.2, 0.25) is 0 Å². The predicted octanol–water partition coefficient (Wildman–Crippen LogP) is 1.68. The van der Waals surface area contributed by atoms with Crippen LogP contribution in [-0.2, 0) is 4.79 Å². The van der Waals surface area contributed by atoms with Crippen LogP contribution in [0, 0.1) is 6.92 Å². The molecule has 1 rings (SSSR count). The first kappa shape index (κ1) is 14.7. The summed E-state index contributed by atoms with van der Waals surface area (Å²) in [5.74, 6) is -0.0653. The number of anilines is 1. The molecule has 0 aromatic heterocycles. The SMILES string of the molecule is Cc1ccc(NC(=O)C(C)NCCC(C)O)cc1. The van der Waals surface area contributed by atoms with E-state index in [4.69, 9.17) is 5.11 Å². The number of aliphatic hydroxyl groups is 1. The van der Waals surface area contributed by atoms with E-state index in [9.17, 15) is 4.79 Å². The van der Waals surface area contributed by atoms with E-state index >= 15 is 0 Å².